The molecular weight excluding hydrogens is 274 g/mol. The fourth-order valence-electron chi connectivity index (χ4n) is 2.75. The zero-order chi connectivity index (χ0) is 14.6. The average Bonchev–Trinajstić information content (AvgIpc) is 2.39. The van der Waals surface area contributed by atoms with E-state index in [-0.39, 0.29) is 11.1 Å². The molecule has 2 unspecified atom stereocenters. The minimum absolute atomic E-state index is 0.0280. The first-order valence-electron chi connectivity index (χ1n) is 7.24. The second-order valence-corrected chi connectivity index (χ2v) is 7.11. The molecular formula is C14H23N3O2S. The molecule has 20 heavy (non-hydrogen) atoms. The van der Waals surface area contributed by atoms with Crippen molar-refractivity contribution in [3.8, 4) is 0 Å². The number of nitrogens with zero attached hydrogens (tertiary/aromatic N) is 1. The van der Waals surface area contributed by atoms with Gasteiger partial charge in [0.1, 0.15) is 0 Å². The van der Waals surface area contributed by atoms with E-state index in [4.69, 9.17) is 0 Å². The molecule has 2 N–H and O–H groups in total. The van der Waals surface area contributed by atoms with Crippen LogP contribution in [0.2, 0.25) is 0 Å². The molecule has 1 saturated carbocycles. The molecule has 5 nitrogen and oxygen atoms in total. The summed E-state index contributed by atoms with van der Waals surface area (Å²) >= 11 is 0. The number of nitrogens with one attached hydrogen (secondary N) is 2. The molecule has 0 bridgehead atoms. The lowest BCUT2D eigenvalue weighted by Crippen LogP contribution is -2.38. The van der Waals surface area contributed by atoms with Crippen molar-refractivity contribution in [1.82, 2.24) is 9.71 Å². The summed E-state index contributed by atoms with van der Waals surface area (Å²) in [7, 11) is -3.56. The lowest BCUT2D eigenvalue weighted by Gasteiger charge is -2.27. The number of hydrogen-bond acceptors (Lipinski definition) is 4. The van der Waals surface area contributed by atoms with E-state index in [1.807, 2.05) is 6.92 Å². The van der Waals surface area contributed by atoms with Crippen molar-refractivity contribution in [3.05, 3.63) is 18.3 Å². The molecule has 2 atom stereocenters. The highest BCUT2D eigenvalue weighted by Gasteiger charge is 2.27. The summed E-state index contributed by atoms with van der Waals surface area (Å²) < 4.78 is 27.8. The average molecular weight is 297 g/mol. The number of hydrogen-bond donors (Lipinski definition) is 2. The summed E-state index contributed by atoms with van der Waals surface area (Å²) in [6.07, 6.45) is 5.59. The van der Waals surface area contributed by atoms with Crippen LogP contribution in [-0.2, 0) is 10.0 Å². The monoisotopic (exact) mass is 297 g/mol. The molecule has 0 aromatic carbocycles. The van der Waals surface area contributed by atoms with E-state index in [2.05, 4.69) is 21.9 Å². The summed E-state index contributed by atoms with van der Waals surface area (Å²) in [4.78, 5) is 4.04. The van der Waals surface area contributed by atoms with Crippen LogP contribution in [-0.4, -0.2) is 26.0 Å². The molecule has 1 aromatic rings. The Kier molecular flexibility index (Phi) is 4.99. The SMILES string of the molecule is CCNc1cccnc1S(=O)(=O)NC1CCCC(C)C1. The smallest absolute Gasteiger partial charge is 0.260 e. The van der Waals surface area contributed by atoms with Crippen LogP contribution in [0, 0.1) is 5.92 Å². The Morgan fingerprint density at radius 2 is 2.20 bits per heavy atom. The van der Waals surface area contributed by atoms with Crippen LogP contribution in [0.5, 0.6) is 0 Å². The molecule has 0 spiro atoms. The molecule has 1 aliphatic carbocycles. The second-order valence-electron chi connectivity index (χ2n) is 5.48. The third-order valence-electron chi connectivity index (χ3n) is 3.65. The minimum atomic E-state index is -3.56. The molecule has 1 aliphatic rings. The van der Waals surface area contributed by atoms with Gasteiger partial charge in [0.15, 0.2) is 5.03 Å². The van der Waals surface area contributed by atoms with Crippen molar-refractivity contribution in [3.63, 3.8) is 0 Å². The number of rotatable bonds is 5. The zero-order valence-corrected chi connectivity index (χ0v) is 12.9. The molecule has 6 heteroatoms. The van der Waals surface area contributed by atoms with Crippen LogP contribution in [0.3, 0.4) is 0 Å². The van der Waals surface area contributed by atoms with Crippen molar-refractivity contribution in [2.75, 3.05) is 11.9 Å². The van der Waals surface area contributed by atoms with E-state index in [9.17, 15) is 8.42 Å². The van der Waals surface area contributed by atoms with E-state index in [1.165, 1.54) is 12.6 Å². The zero-order valence-electron chi connectivity index (χ0n) is 12.1. The summed E-state index contributed by atoms with van der Waals surface area (Å²) in [6.45, 7) is 4.76. The first-order chi connectivity index (χ1) is 9.53. The maximum Gasteiger partial charge on any atom is 0.260 e. The van der Waals surface area contributed by atoms with Gasteiger partial charge in [-0.25, -0.2) is 18.1 Å². The second kappa shape index (κ2) is 6.54. The first-order valence-corrected chi connectivity index (χ1v) is 8.72. The van der Waals surface area contributed by atoms with Gasteiger partial charge in [0.25, 0.3) is 10.0 Å². The third kappa shape index (κ3) is 3.70. The summed E-state index contributed by atoms with van der Waals surface area (Å²) in [5, 5.41) is 3.14. The van der Waals surface area contributed by atoms with E-state index in [0.717, 1.165) is 19.3 Å². The van der Waals surface area contributed by atoms with Gasteiger partial charge in [0, 0.05) is 18.8 Å². The molecule has 1 fully saturated rings. The van der Waals surface area contributed by atoms with E-state index >= 15 is 0 Å². The van der Waals surface area contributed by atoms with Crippen molar-refractivity contribution in [2.24, 2.45) is 5.92 Å². The van der Waals surface area contributed by atoms with Gasteiger partial charge < -0.3 is 5.32 Å². The molecule has 0 amide bonds. The van der Waals surface area contributed by atoms with Crippen LogP contribution >= 0.6 is 0 Å². The highest BCUT2D eigenvalue weighted by Crippen LogP contribution is 2.25. The predicted molar refractivity (Wildman–Crippen MR) is 80.1 cm³/mol. The Balaban J connectivity index is 2.17. The van der Waals surface area contributed by atoms with Crippen molar-refractivity contribution in [1.29, 1.82) is 0 Å². The molecule has 112 valence electrons. The fourth-order valence-corrected chi connectivity index (χ4v) is 4.14. The molecule has 1 aromatic heterocycles. The van der Waals surface area contributed by atoms with Crippen LogP contribution < -0.4 is 10.0 Å². The van der Waals surface area contributed by atoms with Gasteiger partial charge in [-0.15, -0.1) is 0 Å². The maximum absolute atomic E-state index is 12.5. The number of aromatic nitrogens is 1. The van der Waals surface area contributed by atoms with Gasteiger partial charge in [-0.3, -0.25) is 0 Å². The standard InChI is InChI=1S/C14H23N3O2S/c1-3-15-13-8-5-9-16-14(13)20(18,19)17-12-7-4-6-11(2)10-12/h5,8-9,11-12,15,17H,3-4,6-7,10H2,1-2H3. The van der Waals surface area contributed by atoms with Gasteiger partial charge in [0.2, 0.25) is 0 Å². The van der Waals surface area contributed by atoms with Gasteiger partial charge >= 0.3 is 0 Å². The largest absolute Gasteiger partial charge is 0.383 e. The lowest BCUT2D eigenvalue weighted by molar-refractivity contribution is 0.327. The first kappa shape index (κ1) is 15.3. The Morgan fingerprint density at radius 1 is 1.40 bits per heavy atom. The van der Waals surface area contributed by atoms with Crippen LogP contribution in [0.25, 0.3) is 0 Å². The highest BCUT2D eigenvalue weighted by molar-refractivity contribution is 7.89. The van der Waals surface area contributed by atoms with E-state index in [1.54, 1.807) is 12.1 Å². The number of pyridine rings is 1. The fraction of sp³-hybridized carbons (Fsp3) is 0.643. The quantitative estimate of drug-likeness (QED) is 0.875. The third-order valence-corrected chi connectivity index (χ3v) is 5.13. The number of sulfonamides is 1. The molecule has 1 heterocycles. The lowest BCUT2D eigenvalue weighted by atomic mass is 9.88. The number of anilines is 1. The highest BCUT2D eigenvalue weighted by atomic mass is 32.2. The van der Waals surface area contributed by atoms with Gasteiger partial charge in [-0.2, -0.15) is 0 Å². The normalized spacial score (nSPS) is 23.5. The van der Waals surface area contributed by atoms with Gasteiger partial charge in [-0.05, 0) is 37.8 Å². The van der Waals surface area contributed by atoms with Crippen LogP contribution in [0.1, 0.15) is 39.5 Å². The van der Waals surface area contributed by atoms with E-state index < -0.39 is 10.0 Å². The predicted octanol–water partition coefficient (Wildman–Crippen LogP) is 2.37. The molecule has 0 radical (unpaired) electrons. The van der Waals surface area contributed by atoms with E-state index in [0.29, 0.717) is 18.2 Å². The molecule has 0 saturated heterocycles. The van der Waals surface area contributed by atoms with Crippen molar-refractivity contribution < 1.29 is 8.42 Å². The summed E-state index contributed by atoms with van der Waals surface area (Å²) in [5.41, 5.74) is 0.561. The Labute approximate surface area is 121 Å². The maximum atomic E-state index is 12.5. The van der Waals surface area contributed by atoms with Crippen molar-refractivity contribution in [2.45, 2.75) is 50.6 Å². The van der Waals surface area contributed by atoms with Gasteiger partial charge in [0.05, 0.1) is 5.69 Å². The van der Waals surface area contributed by atoms with Gasteiger partial charge in [-0.1, -0.05) is 19.8 Å². The van der Waals surface area contributed by atoms with Crippen molar-refractivity contribution >= 4 is 15.7 Å². The topological polar surface area (TPSA) is 71.1 Å². The van der Waals surface area contributed by atoms with Crippen LogP contribution in [0.15, 0.2) is 23.4 Å². The minimum Gasteiger partial charge on any atom is -0.383 e. The summed E-state index contributed by atoms with van der Waals surface area (Å²) in [5.74, 6) is 0.577. The molecule has 0 aliphatic heterocycles. The Hall–Kier alpha value is -1.14. The van der Waals surface area contributed by atoms with Crippen LogP contribution in [0.4, 0.5) is 5.69 Å². The Bertz CT molecular complexity index is 545. The summed E-state index contributed by atoms with van der Waals surface area (Å²) in [6, 6.07) is 3.51. The molecule has 2 rings (SSSR count). The Morgan fingerprint density at radius 3 is 2.90 bits per heavy atom.